The summed E-state index contributed by atoms with van der Waals surface area (Å²) in [4.78, 5) is 28.5. The summed E-state index contributed by atoms with van der Waals surface area (Å²) in [6.07, 6.45) is 0. The standard InChI is InChI=1S/C17H22N4O3/c1-11-12(2)24-14(19-11)10-18-15(22)17(3,4)21-16(23)20-13-8-6-5-7-9-13/h5-9H,10H2,1-4H3,(H,18,22)(H2,20,21,23). The molecule has 3 N–H and O–H groups in total. The van der Waals surface area contributed by atoms with Gasteiger partial charge in [0.15, 0.2) is 0 Å². The van der Waals surface area contributed by atoms with E-state index in [1.54, 1.807) is 26.0 Å². The van der Waals surface area contributed by atoms with Gasteiger partial charge >= 0.3 is 6.03 Å². The number of hydrogen-bond acceptors (Lipinski definition) is 4. The van der Waals surface area contributed by atoms with E-state index >= 15 is 0 Å². The molecule has 2 rings (SSSR count). The zero-order chi connectivity index (χ0) is 17.7. The molecule has 0 aliphatic heterocycles. The van der Waals surface area contributed by atoms with Crippen LogP contribution in [0, 0.1) is 13.8 Å². The highest BCUT2D eigenvalue weighted by Gasteiger charge is 2.29. The van der Waals surface area contributed by atoms with E-state index in [9.17, 15) is 9.59 Å². The fourth-order valence-electron chi connectivity index (χ4n) is 2.02. The average molecular weight is 330 g/mol. The van der Waals surface area contributed by atoms with E-state index in [1.807, 2.05) is 32.0 Å². The molecule has 0 fully saturated rings. The van der Waals surface area contributed by atoms with E-state index < -0.39 is 11.6 Å². The van der Waals surface area contributed by atoms with Crippen molar-refractivity contribution in [2.75, 3.05) is 5.32 Å². The molecule has 0 atom stereocenters. The highest BCUT2D eigenvalue weighted by atomic mass is 16.4. The average Bonchev–Trinajstić information content (AvgIpc) is 2.83. The van der Waals surface area contributed by atoms with Crippen molar-refractivity contribution in [2.45, 2.75) is 39.8 Å². The Morgan fingerprint density at radius 3 is 2.42 bits per heavy atom. The van der Waals surface area contributed by atoms with E-state index in [4.69, 9.17) is 4.42 Å². The summed E-state index contributed by atoms with van der Waals surface area (Å²) in [7, 11) is 0. The number of rotatable bonds is 5. The van der Waals surface area contributed by atoms with Crippen LogP contribution in [0.25, 0.3) is 0 Å². The van der Waals surface area contributed by atoms with E-state index in [0.29, 0.717) is 11.6 Å². The van der Waals surface area contributed by atoms with Crippen LogP contribution in [0.4, 0.5) is 10.5 Å². The van der Waals surface area contributed by atoms with E-state index in [1.165, 1.54) is 0 Å². The number of carbonyl (C=O) groups is 2. The number of oxazole rings is 1. The molecular formula is C17H22N4O3. The Morgan fingerprint density at radius 2 is 1.83 bits per heavy atom. The minimum Gasteiger partial charge on any atom is -0.444 e. The lowest BCUT2D eigenvalue weighted by molar-refractivity contribution is -0.126. The second-order valence-electron chi connectivity index (χ2n) is 6.00. The fraction of sp³-hybridized carbons (Fsp3) is 0.353. The first kappa shape index (κ1) is 17.5. The van der Waals surface area contributed by atoms with Crippen LogP contribution in [0.1, 0.15) is 31.2 Å². The number of amides is 3. The van der Waals surface area contributed by atoms with Crippen LogP contribution < -0.4 is 16.0 Å². The molecule has 0 radical (unpaired) electrons. The van der Waals surface area contributed by atoms with Crippen LogP contribution in [0.15, 0.2) is 34.7 Å². The molecule has 24 heavy (non-hydrogen) atoms. The van der Waals surface area contributed by atoms with Crippen molar-refractivity contribution < 1.29 is 14.0 Å². The molecular weight excluding hydrogens is 308 g/mol. The predicted molar refractivity (Wildman–Crippen MR) is 90.5 cm³/mol. The molecule has 0 saturated carbocycles. The van der Waals surface area contributed by atoms with Crippen molar-refractivity contribution >= 4 is 17.6 Å². The van der Waals surface area contributed by atoms with Gasteiger partial charge in [0.2, 0.25) is 11.8 Å². The summed E-state index contributed by atoms with van der Waals surface area (Å²) in [5.41, 5.74) is 0.353. The smallest absolute Gasteiger partial charge is 0.320 e. The van der Waals surface area contributed by atoms with Crippen LogP contribution in [0.5, 0.6) is 0 Å². The van der Waals surface area contributed by atoms with Crippen LogP contribution >= 0.6 is 0 Å². The lowest BCUT2D eigenvalue weighted by Crippen LogP contribution is -2.55. The second kappa shape index (κ2) is 7.16. The summed E-state index contributed by atoms with van der Waals surface area (Å²) in [5, 5.41) is 8.03. The molecule has 2 aromatic rings. The number of nitrogens with zero attached hydrogens (tertiary/aromatic N) is 1. The normalized spacial score (nSPS) is 11.0. The number of carbonyl (C=O) groups excluding carboxylic acids is 2. The maximum absolute atomic E-state index is 12.3. The van der Waals surface area contributed by atoms with Crippen molar-refractivity contribution in [2.24, 2.45) is 0 Å². The number of nitrogens with one attached hydrogen (secondary N) is 3. The van der Waals surface area contributed by atoms with E-state index in [-0.39, 0.29) is 12.5 Å². The number of benzene rings is 1. The zero-order valence-electron chi connectivity index (χ0n) is 14.3. The van der Waals surface area contributed by atoms with Crippen LogP contribution in [0.2, 0.25) is 0 Å². The van der Waals surface area contributed by atoms with Crippen molar-refractivity contribution in [3.63, 3.8) is 0 Å². The molecule has 0 saturated heterocycles. The van der Waals surface area contributed by atoms with E-state index in [2.05, 4.69) is 20.9 Å². The Hall–Kier alpha value is -2.83. The maximum atomic E-state index is 12.3. The molecule has 0 aliphatic rings. The molecule has 0 aliphatic carbocycles. The fourth-order valence-corrected chi connectivity index (χ4v) is 2.02. The SMILES string of the molecule is Cc1nc(CNC(=O)C(C)(C)NC(=O)Nc2ccccc2)oc1C. The molecule has 0 bridgehead atoms. The third-order valence-corrected chi connectivity index (χ3v) is 3.50. The summed E-state index contributed by atoms with van der Waals surface area (Å²) >= 11 is 0. The molecule has 0 unspecified atom stereocenters. The van der Waals surface area contributed by atoms with Gasteiger partial charge in [0, 0.05) is 5.69 Å². The van der Waals surface area contributed by atoms with Crippen LogP contribution in [-0.4, -0.2) is 22.5 Å². The van der Waals surface area contributed by atoms with Crippen molar-refractivity contribution in [3.8, 4) is 0 Å². The van der Waals surface area contributed by atoms with Gasteiger partial charge in [-0.05, 0) is 39.8 Å². The maximum Gasteiger partial charge on any atom is 0.320 e. The first-order valence-electron chi connectivity index (χ1n) is 7.63. The number of urea groups is 1. The third-order valence-electron chi connectivity index (χ3n) is 3.50. The van der Waals surface area contributed by atoms with Gasteiger partial charge in [-0.25, -0.2) is 9.78 Å². The molecule has 3 amide bonds. The first-order chi connectivity index (χ1) is 11.3. The van der Waals surface area contributed by atoms with Gasteiger partial charge in [0.1, 0.15) is 11.3 Å². The third kappa shape index (κ3) is 4.58. The second-order valence-corrected chi connectivity index (χ2v) is 6.00. The van der Waals surface area contributed by atoms with Gasteiger partial charge in [0.25, 0.3) is 0 Å². The Balaban J connectivity index is 1.88. The van der Waals surface area contributed by atoms with Crippen molar-refractivity contribution in [1.29, 1.82) is 0 Å². The molecule has 128 valence electrons. The van der Waals surface area contributed by atoms with Crippen molar-refractivity contribution in [3.05, 3.63) is 47.7 Å². The summed E-state index contributed by atoms with van der Waals surface area (Å²) < 4.78 is 5.41. The molecule has 0 spiro atoms. The Kier molecular flexibility index (Phi) is 5.23. The number of aromatic nitrogens is 1. The van der Waals surface area contributed by atoms with Gasteiger partial charge in [-0.3, -0.25) is 4.79 Å². The highest BCUT2D eigenvalue weighted by molar-refractivity contribution is 5.95. The molecule has 1 aromatic carbocycles. The minimum atomic E-state index is -1.09. The van der Waals surface area contributed by atoms with Crippen molar-refractivity contribution in [1.82, 2.24) is 15.6 Å². The lowest BCUT2D eigenvalue weighted by Gasteiger charge is -2.25. The Labute approximate surface area is 140 Å². The number of anilines is 1. The zero-order valence-corrected chi connectivity index (χ0v) is 14.3. The van der Waals surface area contributed by atoms with Gasteiger partial charge in [-0.15, -0.1) is 0 Å². The topological polar surface area (TPSA) is 96.3 Å². The quantitative estimate of drug-likeness (QED) is 0.785. The largest absolute Gasteiger partial charge is 0.444 e. The monoisotopic (exact) mass is 330 g/mol. The van der Waals surface area contributed by atoms with Crippen LogP contribution in [0.3, 0.4) is 0 Å². The Bertz CT molecular complexity index is 703. The highest BCUT2D eigenvalue weighted by Crippen LogP contribution is 2.10. The predicted octanol–water partition coefficient (Wildman–Crippen LogP) is 2.51. The summed E-state index contributed by atoms with van der Waals surface area (Å²) in [6, 6.07) is 8.55. The first-order valence-corrected chi connectivity index (χ1v) is 7.63. The number of hydrogen-bond donors (Lipinski definition) is 3. The molecule has 1 aromatic heterocycles. The van der Waals surface area contributed by atoms with Gasteiger partial charge in [0.05, 0.1) is 12.2 Å². The molecule has 7 heteroatoms. The summed E-state index contributed by atoms with van der Waals surface area (Å²) in [6.45, 7) is 7.06. The molecule has 1 heterocycles. The molecule has 7 nitrogen and oxygen atoms in total. The minimum absolute atomic E-state index is 0.166. The van der Waals surface area contributed by atoms with Gasteiger partial charge in [-0.1, -0.05) is 18.2 Å². The number of para-hydroxylation sites is 1. The summed E-state index contributed by atoms with van der Waals surface area (Å²) in [5.74, 6) is 0.820. The number of aryl methyl sites for hydroxylation is 2. The van der Waals surface area contributed by atoms with Gasteiger partial charge < -0.3 is 20.4 Å². The lowest BCUT2D eigenvalue weighted by atomic mass is 10.1. The van der Waals surface area contributed by atoms with Crippen LogP contribution in [-0.2, 0) is 11.3 Å². The van der Waals surface area contributed by atoms with Gasteiger partial charge in [-0.2, -0.15) is 0 Å². The Morgan fingerprint density at radius 1 is 1.17 bits per heavy atom. The van der Waals surface area contributed by atoms with E-state index in [0.717, 1.165) is 11.5 Å².